The third kappa shape index (κ3) is 6.86. The molecule has 0 N–H and O–H groups in total. The van der Waals surface area contributed by atoms with E-state index in [2.05, 4.69) is 32.2 Å². The zero-order chi connectivity index (χ0) is 22.8. The van der Waals surface area contributed by atoms with Gasteiger partial charge in [0.1, 0.15) is 18.6 Å². The second-order valence-corrected chi connectivity index (χ2v) is 8.78. The Labute approximate surface area is 195 Å². The minimum Gasteiger partial charge on any atom is -0.494 e. The lowest BCUT2D eigenvalue weighted by Gasteiger charge is -2.14. The highest BCUT2D eigenvalue weighted by Crippen LogP contribution is 2.31. The van der Waals surface area contributed by atoms with Gasteiger partial charge in [-0.25, -0.2) is 4.98 Å². The predicted molar refractivity (Wildman–Crippen MR) is 133 cm³/mol. The summed E-state index contributed by atoms with van der Waals surface area (Å²) in [5.41, 5.74) is 6.52. The van der Waals surface area contributed by atoms with E-state index >= 15 is 0 Å². The normalized spacial score (nSPS) is 10.7. The van der Waals surface area contributed by atoms with Gasteiger partial charge in [0.15, 0.2) is 0 Å². The standard InChI is InChI=1S/C27H31NO3S/c1-20-17-24(30-15-6-16-32-3)18-21(2)27(20)25-8-4-9-26(28-25)31-19-23-12-10-22(11-13-23)7-5-14-29/h4,8-14,17-18H,5-7,15-16,19H2,1-3H3. The Morgan fingerprint density at radius 3 is 2.38 bits per heavy atom. The molecular formula is C27H31NO3S. The molecule has 3 aromatic rings. The number of ether oxygens (including phenoxy) is 2. The summed E-state index contributed by atoms with van der Waals surface area (Å²) in [4.78, 5) is 15.3. The molecule has 2 aromatic carbocycles. The maximum absolute atomic E-state index is 10.5. The Morgan fingerprint density at radius 1 is 0.969 bits per heavy atom. The molecule has 0 aliphatic heterocycles. The highest BCUT2D eigenvalue weighted by atomic mass is 32.2. The third-order valence-electron chi connectivity index (χ3n) is 5.21. The monoisotopic (exact) mass is 449 g/mol. The summed E-state index contributed by atoms with van der Waals surface area (Å²) in [5, 5.41) is 0. The first kappa shape index (κ1) is 23.9. The number of rotatable bonds is 12. The van der Waals surface area contributed by atoms with Crippen molar-refractivity contribution in [3.8, 4) is 22.9 Å². The van der Waals surface area contributed by atoms with E-state index in [1.54, 1.807) is 0 Å². The molecule has 0 saturated heterocycles. The number of carbonyl (C=O) groups is 1. The molecule has 0 spiro atoms. The van der Waals surface area contributed by atoms with Gasteiger partial charge in [-0.15, -0.1) is 0 Å². The van der Waals surface area contributed by atoms with E-state index in [0.717, 1.165) is 70.7 Å². The second kappa shape index (κ2) is 12.3. The lowest BCUT2D eigenvalue weighted by molar-refractivity contribution is -0.107. The van der Waals surface area contributed by atoms with E-state index < -0.39 is 0 Å². The number of hydrogen-bond acceptors (Lipinski definition) is 5. The van der Waals surface area contributed by atoms with Gasteiger partial charge in [-0.2, -0.15) is 11.8 Å². The fourth-order valence-electron chi connectivity index (χ4n) is 3.62. The molecule has 0 fully saturated rings. The topological polar surface area (TPSA) is 48.4 Å². The summed E-state index contributed by atoms with van der Waals surface area (Å²) >= 11 is 1.84. The molecule has 32 heavy (non-hydrogen) atoms. The van der Waals surface area contributed by atoms with Gasteiger partial charge in [-0.3, -0.25) is 0 Å². The zero-order valence-electron chi connectivity index (χ0n) is 19.1. The molecule has 0 aliphatic rings. The number of aromatic nitrogens is 1. The number of aldehydes is 1. The van der Waals surface area contributed by atoms with E-state index in [1.807, 2.05) is 54.2 Å². The molecular weight excluding hydrogens is 418 g/mol. The van der Waals surface area contributed by atoms with Crippen molar-refractivity contribution in [1.29, 1.82) is 0 Å². The first-order valence-corrected chi connectivity index (χ1v) is 12.3. The van der Waals surface area contributed by atoms with Gasteiger partial charge in [-0.05, 0) is 79.2 Å². The first-order chi connectivity index (χ1) is 15.6. The number of hydrogen-bond donors (Lipinski definition) is 0. The lowest BCUT2D eigenvalue weighted by Crippen LogP contribution is -2.01. The van der Waals surface area contributed by atoms with Gasteiger partial charge >= 0.3 is 0 Å². The predicted octanol–water partition coefficient (Wildman–Crippen LogP) is 6.21. The van der Waals surface area contributed by atoms with Crippen molar-refractivity contribution in [2.75, 3.05) is 18.6 Å². The van der Waals surface area contributed by atoms with Gasteiger partial charge in [0.25, 0.3) is 0 Å². The molecule has 0 saturated carbocycles. The van der Waals surface area contributed by atoms with Crippen LogP contribution in [-0.4, -0.2) is 29.9 Å². The average Bonchev–Trinajstić information content (AvgIpc) is 2.80. The number of thioether (sulfide) groups is 1. The minimum atomic E-state index is 0.450. The highest BCUT2D eigenvalue weighted by molar-refractivity contribution is 7.98. The fraction of sp³-hybridized carbons (Fsp3) is 0.333. The highest BCUT2D eigenvalue weighted by Gasteiger charge is 2.11. The molecule has 0 bridgehead atoms. The van der Waals surface area contributed by atoms with E-state index in [-0.39, 0.29) is 0 Å². The van der Waals surface area contributed by atoms with Crippen LogP contribution in [0.3, 0.4) is 0 Å². The van der Waals surface area contributed by atoms with Crippen LogP contribution in [0.25, 0.3) is 11.3 Å². The van der Waals surface area contributed by atoms with Crippen molar-refractivity contribution in [1.82, 2.24) is 4.98 Å². The van der Waals surface area contributed by atoms with E-state index in [9.17, 15) is 4.79 Å². The van der Waals surface area contributed by atoms with Gasteiger partial charge < -0.3 is 14.3 Å². The van der Waals surface area contributed by atoms with Crippen LogP contribution in [0.2, 0.25) is 0 Å². The van der Waals surface area contributed by atoms with Crippen LogP contribution >= 0.6 is 11.8 Å². The molecule has 0 amide bonds. The van der Waals surface area contributed by atoms with Crippen molar-refractivity contribution in [3.63, 3.8) is 0 Å². The Kier molecular flexibility index (Phi) is 9.17. The number of carbonyl (C=O) groups excluding carboxylic acids is 1. The summed E-state index contributed by atoms with van der Waals surface area (Å²) in [6, 6.07) is 18.2. The Hall–Kier alpha value is -2.79. The van der Waals surface area contributed by atoms with Crippen LogP contribution in [0, 0.1) is 13.8 Å². The van der Waals surface area contributed by atoms with Crippen molar-refractivity contribution in [2.45, 2.75) is 39.7 Å². The van der Waals surface area contributed by atoms with E-state index in [1.165, 1.54) is 0 Å². The second-order valence-electron chi connectivity index (χ2n) is 7.80. The molecule has 0 radical (unpaired) electrons. The van der Waals surface area contributed by atoms with Crippen molar-refractivity contribution >= 4 is 18.0 Å². The first-order valence-electron chi connectivity index (χ1n) is 11.0. The van der Waals surface area contributed by atoms with Crippen molar-refractivity contribution in [3.05, 3.63) is 76.9 Å². The zero-order valence-corrected chi connectivity index (χ0v) is 19.9. The average molecular weight is 450 g/mol. The van der Waals surface area contributed by atoms with Crippen molar-refractivity contribution < 1.29 is 14.3 Å². The third-order valence-corrected chi connectivity index (χ3v) is 5.90. The fourth-order valence-corrected chi connectivity index (χ4v) is 4.03. The van der Waals surface area contributed by atoms with Crippen LogP contribution in [0.4, 0.5) is 0 Å². The summed E-state index contributed by atoms with van der Waals surface area (Å²) in [6.07, 6.45) is 5.43. The molecule has 0 atom stereocenters. The molecule has 1 heterocycles. The number of benzene rings is 2. The van der Waals surface area contributed by atoms with Gasteiger partial charge in [0.05, 0.1) is 12.3 Å². The molecule has 5 heteroatoms. The summed E-state index contributed by atoms with van der Waals surface area (Å²) < 4.78 is 11.9. The van der Waals surface area contributed by atoms with Gasteiger partial charge in [0.2, 0.25) is 5.88 Å². The van der Waals surface area contributed by atoms with Gasteiger partial charge in [-0.1, -0.05) is 30.3 Å². The Balaban J connectivity index is 1.67. The smallest absolute Gasteiger partial charge is 0.214 e. The molecule has 168 valence electrons. The summed E-state index contributed by atoms with van der Waals surface area (Å²) in [7, 11) is 0. The summed E-state index contributed by atoms with van der Waals surface area (Å²) in [6.45, 7) is 5.38. The minimum absolute atomic E-state index is 0.450. The summed E-state index contributed by atoms with van der Waals surface area (Å²) in [5.74, 6) is 2.62. The SMILES string of the molecule is CSCCCOc1cc(C)c(-c2cccc(OCc3ccc(CCC=O)cc3)n2)c(C)c1. The number of aryl methyl sites for hydroxylation is 3. The molecule has 0 aliphatic carbocycles. The van der Waals surface area contributed by atoms with Gasteiger partial charge in [0, 0.05) is 18.1 Å². The quantitative estimate of drug-likeness (QED) is 0.243. The molecule has 3 rings (SSSR count). The molecule has 1 aromatic heterocycles. The number of nitrogens with zero attached hydrogens (tertiary/aromatic N) is 1. The molecule has 0 unspecified atom stereocenters. The largest absolute Gasteiger partial charge is 0.494 e. The maximum Gasteiger partial charge on any atom is 0.214 e. The van der Waals surface area contributed by atoms with Crippen LogP contribution in [0.5, 0.6) is 11.6 Å². The van der Waals surface area contributed by atoms with Crippen LogP contribution < -0.4 is 9.47 Å². The Morgan fingerprint density at radius 2 is 1.69 bits per heavy atom. The van der Waals surface area contributed by atoms with E-state index in [4.69, 9.17) is 14.5 Å². The Bertz CT molecular complexity index is 995. The molecule has 4 nitrogen and oxygen atoms in total. The van der Waals surface area contributed by atoms with Crippen LogP contribution in [-0.2, 0) is 17.8 Å². The van der Waals surface area contributed by atoms with Crippen molar-refractivity contribution in [2.24, 2.45) is 0 Å². The number of pyridine rings is 1. The lowest BCUT2D eigenvalue weighted by atomic mass is 9.99. The van der Waals surface area contributed by atoms with E-state index in [0.29, 0.717) is 18.9 Å². The van der Waals surface area contributed by atoms with Crippen LogP contribution in [0.15, 0.2) is 54.6 Å². The maximum atomic E-state index is 10.5. The van der Waals surface area contributed by atoms with Crippen LogP contribution in [0.1, 0.15) is 35.1 Å².